The van der Waals surface area contributed by atoms with E-state index in [4.69, 9.17) is 5.73 Å². The first kappa shape index (κ1) is 17.9. The molecule has 2 aromatic rings. The third-order valence-electron chi connectivity index (χ3n) is 4.76. The lowest BCUT2D eigenvalue weighted by atomic mass is 9.99. The third-order valence-corrected chi connectivity index (χ3v) is 4.76. The number of nitrogens with zero attached hydrogens (tertiary/aromatic N) is 1. The fourth-order valence-corrected chi connectivity index (χ4v) is 3.21. The molecule has 1 atom stereocenters. The van der Waals surface area contributed by atoms with Crippen LogP contribution in [0.5, 0.6) is 0 Å². The summed E-state index contributed by atoms with van der Waals surface area (Å²) in [5, 5.41) is 5.46. The fourth-order valence-electron chi connectivity index (χ4n) is 3.21. The molecule has 3 rings (SSSR count). The molecule has 6 nitrogen and oxygen atoms in total. The van der Waals surface area contributed by atoms with Gasteiger partial charge in [-0.25, -0.2) is 4.79 Å². The first-order chi connectivity index (χ1) is 12.5. The Bertz CT molecular complexity index is 789. The van der Waals surface area contributed by atoms with Gasteiger partial charge in [0.1, 0.15) is 0 Å². The van der Waals surface area contributed by atoms with Gasteiger partial charge in [-0.1, -0.05) is 24.3 Å². The van der Waals surface area contributed by atoms with Gasteiger partial charge in [-0.15, -0.1) is 0 Å². The van der Waals surface area contributed by atoms with Crippen molar-refractivity contribution in [3.63, 3.8) is 0 Å². The Kier molecular flexibility index (Phi) is 5.53. The molecule has 3 amide bonds. The highest BCUT2D eigenvalue weighted by molar-refractivity contribution is 5.95. The number of rotatable bonds is 5. The second kappa shape index (κ2) is 8.01. The Morgan fingerprint density at radius 1 is 1.12 bits per heavy atom. The number of carbonyl (C=O) groups excluding carboxylic acids is 2. The Morgan fingerprint density at radius 2 is 1.81 bits per heavy atom. The van der Waals surface area contributed by atoms with Crippen molar-refractivity contribution in [2.24, 2.45) is 5.73 Å². The van der Waals surface area contributed by atoms with Crippen LogP contribution in [-0.2, 0) is 13.0 Å². The van der Waals surface area contributed by atoms with Crippen LogP contribution in [0.2, 0.25) is 0 Å². The lowest BCUT2D eigenvalue weighted by molar-refractivity contribution is 0.0932. The first-order valence-electron chi connectivity index (χ1n) is 8.78. The van der Waals surface area contributed by atoms with E-state index in [-0.39, 0.29) is 11.9 Å². The van der Waals surface area contributed by atoms with Crippen LogP contribution in [0, 0.1) is 0 Å². The number of benzene rings is 2. The molecule has 2 aromatic carbocycles. The van der Waals surface area contributed by atoms with E-state index in [0.29, 0.717) is 17.8 Å². The van der Waals surface area contributed by atoms with E-state index in [1.54, 1.807) is 24.3 Å². The summed E-state index contributed by atoms with van der Waals surface area (Å²) in [6.07, 6.45) is 1.04. The molecule has 0 bridgehead atoms. The van der Waals surface area contributed by atoms with Crippen LogP contribution in [0.3, 0.4) is 0 Å². The molecular weight excluding hydrogens is 328 g/mol. The maximum atomic E-state index is 12.3. The molecule has 0 fully saturated rings. The molecule has 26 heavy (non-hydrogen) atoms. The van der Waals surface area contributed by atoms with Crippen molar-refractivity contribution in [1.82, 2.24) is 10.2 Å². The lowest BCUT2D eigenvalue weighted by Crippen LogP contribution is -2.44. The van der Waals surface area contributed by atoms with Crippen molar-refractivity contribution in [3.05, 3.63) is 65.2 Å². The number of hydrogen-bond acceptors (Lipinski definition) is 3. The van der Waals surface area contributed by atoms with Crippen LogP contribution in [0.25, 0.3) is 0 Å². The van der Waals surface area contributed by atoms with Crippen LogP contribution >= 0.6 is 0 Å². The molecule has 6 heteroatoms. The standard InChI is InChI=1S/C20H24N4O2/c1-14(24-11-10-15-4-2-3-5-17(15)13-24)12-22-19(25)16-6-8-18(9-7-16)23-20(21)26/h2-9,14H,10-13H2,1H3,(H,22,25)(H3,21,23,26). The van der Waals surface area contributed by atoms with Gasteiger partial charge in [-0.3, -0.25) is 9.69 Å². The molecule has 4 N–H and O–H groups in total. The predicted molar refractivity (Wildman–Crippen MR) is 102 cm³/mol. The average Bonchev–Trinajstić information content (AvgIpc) is 2.65. The lowest BCUT2D eigenvalue weighted by Gasteiger charge is -2.33. The van der Waals surface area contributed by atoms with Gasteiger partial charge < -0.3 is 16.4 Å². The highest BCUT2D eigenvalue weighted by Crippen LogP contribution is 2.20. The van der Waals surface area contributed by atoms with Crippen LogP contribution in [0.4, 0.5) is 10.5 Å². The molecule has 0 saturated carbocycles. The molecular formula is C20H24N4O2. The number of primary amides is 1. The highest BCUT2D eigenvalue weighted by Gasteiger charge is 2.20. The number of anilines is 1. The highest BCUT2D eigenvalue weighted by atomic mass is 16.2. The third kappa shape index (κ3) is 4.40. The number of carbonyl (C=O) groups is 2. The molecule has 1 aliphatic heterocycles. The molecule has 0 aromatic heterocycles. The molecule has 1 unspecified atom stereocenters. The van der Waals surface area contributed by atoms with E-state index in [2.05, 4.69) is 46.7 Å². The van der Waals surface area contributed by atoms with Gasteiger partial charge in [0.05, 0.1) is 0 Å². The van der Waals surface area contributed by atoms with Crippen molar-refractivity contribution in [1.29, 1.82) is 0 Å². The molecule has 136 valence electrons. The number of amides is 3. The van der Waals surface area contributed by atoms with E-state index >= 15 is 0 Å². The fraction of sp³-hybridized carbons (Fsp3) is 0.300. The van der Waals surface area contributed by atoms with Gasteiger partial charge in [0.25, 0.3) is 5.91 Å². The van der Waals surface area contributed by atoms with Crippen LogP contribution in [0.1, 0.15) is 28.4 Å². The second-order valence-corrected chi connectivity index (χ2v) is 6.61. The van der Waals surface area contributed by atoms with Crippen LogP contribution in [0.15, 0.2) is 48.5 Å². The topological polar surface area (TPSA) is 87.5 Å². The zero-order valence-electron chi connectivity index (χ0n) is 14.9. The molecule has 0 saturated heterocycles. The average molecular weight is 352 g/mol. The van der Waals surface area contributed by atoms with E-state index in [9.17, 15) is 9.59 Å². The summed E-state index contributed by atoms with van der Waals surface area (Å²) < 4.78 is 0. The summed E-state index contributed by atoms with van der Waals surface area (Å²) >= 11 is 0. The molecule has 1 aliphatic rings. The Balaban J connectivity index is 1.52. The number of urea groups is 1. The number of fused-ring (bicyclic) bond motifs is 1. The van der Waals surface area contributed by atoms with Crippen LogP contribution in [-0.4, -0.2) is 36.0 Å². The normalized spacial score (nSPS) is 15.0. The number of nitrogens with two attached hydrogens (primary N) is 1. The smallest absolute Gasteiger partial charge is 0.316 e. The summed E-state index contributed by atoms with van der Waals surface area (Å²) in [5.41, 5.74) is 8.98. The van der Waals surface area contributed by atoms with E-state index < -0.39 is 6.03 Å². The molecule has 0 aliphatic carbocycles. The minimum absolute atomic E-state index is 0.125. The summed E-state index contributed by atoms with van der Waals surface area (Å²) in [6.45, 7) is 4.64. The van der Waals surface area contributed by atoms with E-state index in [0.717, 1.165) is 19.5 Å². The van der Waals surface area contributed by atoms with Crippen molar-refractivity contribution < 1.29 is 9.59 Å². The van der Waals surface area contributed by atoms with E-state index in [1.165, 1.54) is 11.1 Å². The minimum atomic E-state index is -0.626. The second-order valence-electron chi connectivity index (χ2n) is 6.61. The predicted octanol–water partition coefficient (Wildman–Crippen LogP) is 2.35. The Morgan fingerprint density at radius 3 is 2.50 bits per heavy atom. The van der Waals surface area contributed by atoms with Gasteiger partial charge in [-0.05, 0) is 48.7 Å². The minimum Gasteiger partial charge on any atom is -0.351 e. The zero-order chi connectivity index (χ0) is 18.5. The summed E-state index contributed by atoms with van der Waals surface area (Å²) in [7, 11) is 0. The van der Waals surface area contributed by atoms with Gasteiger partial charge in [-0.2, -0.15) is 0 Å². The first-order valence-corrected chi connectivity index (χ1v) is 8.78. The summed E-state index contributed by atoms with van der Waals surface area (Å²) in [6, 6.07) is 14.8. The quantitative estimate of drug-likeness (QED) is 0.772. The van der Waals surface area contributed by atoms with E-state index in [1.807, 2.05) is 0 Å². The Hall–Kier alpha value is -2.86. The zero-order valence-corrected chi connectivity index (χ0v) is 14.9. The van der Waals surface area contributed by atoms with Crippen molar-refractivity contribution >= 4 is 17.6 Å². The maximum absolute atomic E-state index is 12.3. The van der Waals surface area contributed by atoms with Gasteiger partial charge in [0.2, 0.25) is 0 Å². The van der Waals surface area contributed by atoms with Gasteiger partial charge >= 0.3 is 6.03 Å². The number of hydrogen-bond donors (Lipinski definition) is 3. The molecule has 0 radical (unpaired) electrons. The maximum Gasteiger partial charge on any atom is 0.316 e. The SMILES string of the molecule is CC(CNC(=O)c1ccc(NC(N)=O)cc1)N1CCc2ccccc2C1. The van der Waals surface area contributed by atoms with Gasteiger partial charge in [0.15, 0.2) is 0 Å². The Labute approximate surface area is 153 Å². The van der Waals surface area contributed by atoms with Crippen molar-refractivity contribution in [2.45, 2.75) is 25.9 Å². The molecule has 1 heterocycles. The van der Waals surface area contributed by atoms with Crippen LogP contribution < -0.4 is 16.4 Å². The summed E-state index contributed by atoms with van der Waals surface area (Å²) in [5.74, 6) is -0.125. The van der Waals surface area contributed by atoms with Gasteiger partial charge in [0, 0.05) is 36.9 Å². The largest absolute Gasteiger partial charge is 0.351 e. The monoisotopic (exact) mass is 352 g/mol. The molecule has 0 spiro atoms. The summed E-state index contributed by atoms with van der Waals surface area (Å²) in [4.78, 5) is 25.5. The van der Waals surface area contributed by atoms with Crippen molar-refractivity contribution in [3.8, 4) is 0 Å². The van der Waals surface area contributed by atoms with Crippen molar-refractivity contribution in [2.75, 3.05) is 18.4 Å². The number of nitrogens with one attached hydrogen (secondary N) is 2.